The molecule has 1 aliphatic heterocycles. The van der Waals surface area contributed by atoms with E-state index in [2.05, 4.69) is 17.4 Å². The minimum absolute atomic E-state index is 0.0945. The van der Waals surface area contributed by atoms with E-state index in [9.17, 15) is 9.59 Å². The fraction of sp³-hybridized carbons (Fsp3) is 0.222. The molecule has 1 heterocycles. The molecule has 0 spiro atoms. The molecule has 5 nitrogen and oxygen atoms in total. The van der Waals surface area contributed by atoms with Crippen LogP contribution in [0.5, 0.6) is 0 Å². The van der Waals surface area contributed by atoms with Crippen LogP contribution in [0.15, 0.2) is 78.9 Å². The molecule has 0 saturated carbocycles. The molecule has 33 heavy (non-hydrogen) atoms. The standard InChI is InChI=1S/C27H27N3O2S/c1-19-8-12-22(13-9-19)28-27(33)29(17-16-21-6-4-3-5-7-21)24-18-25(31)30(26(24)32)23-14-10-20(2)11-15-23/h3-15,24H,16-18H2,1-2H3,(H,28,33). The molecular formula is C27H27N3O2S. The highest BCUT2D eigenvalue weighted by molar-refractivity contribution is 7.80. The van der Waals surface area contributed by atoms with Gasteiger partial charge in [-0.1, -0.05) is 65.7 Å². The Balaban J connectivity index is 1.58. The number of anilines is 2. The number of carbonyl (C=O) groups excluding carboxylic acids is 2. The third-order valence-corrected chi connectivity index (χ3v) is 6.18. The van der Waals surface area contributed by atoms with E-state index < -0.39 is 6.04 Å². The van der Waals surface area contributed by atoms with Crippen molar-refractivity contribution in [2.75, 3.05) is 16.8 Å². The molecule has 1 N–H and O–H groups in total. The van der Waals surface area contributed by atoms with Crippen molar-refractivity contribution in [2.24, 2.45) is 0 Å². The van der Waals surface area contributed by atoms with Crippen molar-refractivity contribution < 1.29 is 9.59 Å². The number of hydrogen-bond acceptors (Lipinski definition) is 3. The number of benzene rings is 3. The lowest BCUT2D eigenvalue weighted by Gasteiger charge is -2.30. The second-order valence-electron chi connectivity index (χ2n) is 8.35. The molecule has 1 atom stereocenters. The number of carbonyl (C=O) groups is 2. The van der Waals surface area contributed by atoms with Crippen LogP contribution in [0.1, 0.15) is 23.1 Å². The minimum Gasteiger partial charge on any atom is -0.336 e. The van der Waals surface area contributed by atoms with Crippen molar-refractivity contribution >= 4 is 40.5 Å². The summed E-state index contributed by atoms with van der Waals surface area (Å²) >= 11 is 5.74. The number of imide groups is 1. The summed E-state index contributed by atoms with van der Waals surface area (Å²) in [6.07, 6.45) is 0.802. The molecule has 0 bridgehead atoms. The van der Waals surface area contributed by atoms with Crippen LogP contribution in [0.2, 0.25) is 0 Å². The Bertz CT molecular complexity index is 1140. The summed E-state index contributed by atoms with van der Waals surface area (Å²) in [5.41, 5.74) is 4.81. The first-order valence-corrected chi connectivity index (χ1v) is 11.4. The lowest BCUT2D eigenvalue weighted by Crippen LogP contribution is -2.48. The molecule has 1 unspecified atom stereocenters. The fourth-order valence-electron chi connectivity index (χ4n) is 3.95. The number of aryl methyl sites for hydroxylation is 2. The van der Waals surface area contributed by atoms with Crippen LogP contribution in [0.4, 0.5) is 11.4 Å². The molecule has 0 aliphatic carbocycles. The van der Waals surface area contributed by atoms with Crippen molar-refractivity contribution in [1.29, 1.82) is 0 Å². The SMILES string of the molecule is Cc1ccc(NC(=S)N(CCc2ccccc2)C2CC(=O)N(c3ccc(C)cc3)C2=O)cc1. The van der Waals surface area contributed by atoms with Gasteiger partial charge >= 0.3 is 0 Å². The molecular weight excluding hydrogens is 430 g/mol. The van der Waals surface area contributed by atoms with Gasteiger partial charge in [-0.2, -0.15) is 0 Å². The molecule has 6 heteroatoms. The van der Waals surface area contributed by atoms with Gasteiger partial charge in [-0.15, -0.1) is 0 Å². The summed E-state index contributed by atoms with van der Waals surface area (Å²) in [4.78, 5) is 29.5. The minimum atomic E-state index is -0.645. The number of rotatable bonds is 6. The molecule has 0 aromatic heterocycles. The van der Waals surface area contributed by atoms with E-state index in [-0.39, 0.29) is 18.2 Å². The highest BCUT2D eigenvalue weighted by Gasteiger charge is 2.43. The maximum atomic E-state index is 13.4. The summed E-state index contributed by atoms with van der Waals surface area (Å²) in [6, 6.07) is 24.8. The topological polar surface area (TPSA) is 52.7 Å². The van der Waals surface area contributed by atoms with Gasteiger partial charge in [0.15, 0.2) is 5.11 Å². The summed E-state index contributed by atoms with van der Waals surface area (Å²) in [6.45, 7) is 4.52. The predicted octanol–water partition coefficient (Wildman–Crippen LogP) is 4.88. The summed E-state index contributed by atoms with van der Waals surface area (Å²) < 4.78 is 0. The Morgan fingerprint density at radius 1 is 0.939 bits per heavy atom. The third kappa shape index (κ3) is 5.29. The average Bonchev–Trinajstić information content (AvgIpc) is 3.10. The van der Waals surface area contributed by atoms with Crippen molar-refractivity contribution in [3.05, 3.63) is 95.6 Å². The van der Waals surface area contributed by atoms with Gasteiger partial charge in [-0.3, -0.25) is 9.59 Å². The maximum absolute atomic E-state index is 13.4. The molecule has 1 aliphatic rings. The summed E-state index contributed by atoms with van der Waals surface area (Å²) in [5, 5.41) is 3.69. The van der Waals surface area contributed by atoms with Gasteiger partial charge in [-0.05, 0) is 62.3 Å². The third-order valence-electron chi connectivity index (χ3n) is 5.84. The van der Waals surface area contributed by atoms with E-state index in [4.69, 9.17) is 12.2 Å². The Kier molecular flexibility index (Phi) is 6.84. The van der Waals surface area contributed by atoms with Crippen LogP contribution in [0.25, 0.3) is 0 Å². The van der Waals surface area contributed by atoms with Gasteiger partial charge in [0.25, 0.3) is 5.91 Å². The van der Waals surface area contributed by atoms with E-state index in [1.165, 1.54) is 4.90 Å². The molecule has 1 fully saturated rings. The van der Waals surface area contributed by atoms with Gasteiger partial charge in [-0.25, -0.2) is 4.90 Å². The van der Waals surface area contributed by atoms with Crippen LogP contribution >= 0.6 is 12.2 Å². The lowest BCUT2D eigenvalue weighted by atomic mass is 10.1. The Labute approximate surface area is 200 Å². The second kappa shape index (κ2) is 9.96. The zero-order valence-electron chi connectivity index (χ0n) is 18.8. The highest BCUT2D eigenvalue weighted by Crippen LogP contribution is 2.27. The van der Waals surface area contributed by atoms with Gasteiger partial charge < -0.3 is 10.2 Å². The zero-order valence-corrected chi connectivity index (χ0v) is 19.6. The first-order valence-electron chi connectivity index (χ1n) is 11.0. The van der Waals surface area contributed by atoms with Crippen LogP contribution in [0, 0.1) is 13.8 Å². The summed E-state index contributed by atoms with van der Waals surface area (Å²) in [7, 11) is 0. The predicted molar refractivity (Wildman–Crippen MR) is 136 cm³/mol. The number of thiocarbonyl (C=S) groups is 1. The first kappa shape index (κ1) is 22.7. The molecule has 3 aromatic carbocycles. The number of nitrogens with zero attached hydrogens (tertiary/aromatic N) is 2. The van der Waals surface area contributed by atoms with E-state index in [0.717, 1.165) is 22.4 Å². The van der Waals surface area contributed by atoms with E-state index >= 15 is 0 Å². The Morgan fingerprint density at radius 2 is 1.55 bits per heavy atom. The lowest BCUT2D eigenvalue weighted by molar-refractivity contribution is -0.122. The highest BCUT2D eigenvalue weighted by atomic mass is 32.1. The van der Waals surface area contributed by atoms with Crippen molar-refractivity contribution in [3.63, 3.8) is 0 Å². The quantitative estimate of drug-likeness (QED) is 0.422. The van der Waals surface area contributed by atoms with Crippen LogP contribution in [-0.4, -0.2) is 34.4 Å². The van der Waals surface area contributed by atoms with Crippen LogP contribution in [-0.2, 0) is 16.0 Å². The number of nitrogens with one attached hydrogen (secondary N) is 1. The van der Waals surface area contributed by atoms with Crippen LogP contribution in [0.3, 0.4) is 0 Å². The van der Waals surface area contributed by atoms with Crippen molar-refractivity contribution in [1.82, 2.24) is 4.90 Å². The van der Waals surface area contributed by atoms with Gasteiger partial charge in [0, 0.05) is 12.2 Å². The normalized spacial score (nSPS) is 15.6. The maximum Gasteiger partial charge on any atom is 0.257 e. The van der Waals surface area contributed by atoms with Gasteiger partial charge in [0.05, 0.1) is 12.1 Å². The monoisotopic (exact) mass is 457 g/mol. The van der Waals surface area contributed by atoms with Crippen molar-refractivity contribution in [3.8, 4) is 0 Å². The largest absolute Gasteiger partial charge is 0.336 e. The van der Waals surface area contributed by atoms with Gasteiger partial charge in [0.2, 0.25) is 5.91 Å². The average molecular weight is 458 g/mol. The Hall–Kier alpha value is -3.51. The van der Waals surface area contributed by atoms with E-state index in [0.29, 0.717) is 23.8 Å². The molecule has 2 amide bonds. The van der Waals surface area contributed by atoms with E-state index in [1.807, 2.05) is 85.5 Å². The first-order chi connectivity index (χ1) is 15.9. The molecule has 3 aromatic rings. The van der Waals surface area contributed by atoms with Gasteiger partial charge in [0.1, 0.15) is 6.04 Å². The zero-order chi connectivity index (χ0) is 23.4. The smallest absolute Gasteiger partial charge is 0.257 e. The fourth-order valence-corrected chi connectivity index (χ4v) is 4.29. The molecule has 1 saturated heterocycles. The Morgan fingerprint density at radius 3 is 2.18 bits per heavy atom. The molecule has 168 valence electrons. The number of hydrogen-bond donors (Lipinski definition) is 1. The molecule has 0 radical (unpaired) electrons. The number of amides is 2. The summed E-state index contributed by atoms with van der Waals surface area (Å²) in [5.74, 6) is -0.457. The van der Waals surface area contributed by atoms with E-state index in [1.54, 1.807) is 0 Å². The van der Waals surface area contributed by atoms with Crippen molar-refractivity contribution in [2.45, 2.75) is 32.7 Å². The van der Waals surface area contributed by atoms with Crippen LogP contribution < -0.4 is 10.2 Å². The second-order valence-corrected chi connectivity index (χ2v) is 8.73. The molecule has 4 rings (SSSR count).